The number of nitrogens with zero attached hydrogens (tertiary/aromatic N) is 4. The minimum atomic E-state index is -0.240. The van der Waals surface area contributed by atoms with Crippen molar-refractivity contribution in [3.63, 3.8) is 0 Å². The summed E-state index contributed by atoms with van der Waals surface area (Å²) in [5, 5.41) is 9.83. The molecule has 3 heterocycles. The predicted octanol–water partition coefficient (Wildman–Crippen LogP) is 4.92. The van der Waals surface area contributed by atoms with Crippen LogP contribution in [0.25, 0.3) is 6.08 Å². The quantitative estimate of drug-likeness (QED) is 0.420. The number of amides is 1. The second-order valence-electron chi connectivity index (χ2n) is 9.66. The smallest absolute Gasteiger partial charge is 0.270 e. The van der Waals surface area contributed by atoms with Crippen molar-refractivity contribution >= 4 is 46.1 Å². The van der Waals surface area contributed by atoms with Crippen molar-refractivity contribution < 1.29 is 4.79 Å². The van der Waals surface area contributed by atoms with E-state index in [1.54, 1.807) is 9.47 Å². The van der Waals surface area contributed by atoms with Crippen LogP contribution in [-0.4, -0.2) is 38.8 Å². The lowest BCUT2D eigenvalue weighted by Crippen LogP contribution is -2.43. The van der Waals surface area contributed by atoms with E-state index in [4.69, 9.17) is 12.2 Å². The Hall–Kier alpha value is -2.11. The lowest BCUT2D eigenvalue weighted by atomic mass is 9.91. The fraction of sp³-hybridized carbons (Fsp3) is 0.600. The molecule has 1 amide bonds. The molecule has 178 valence electrons. The number of thiocarbonyl (C=S) groups is 1. The molecule has 0 aliphatic carbocycles. The SMILES string of the molecule is CCCCn1c(N2CC(C)CC(C)C2)c(/C=C2\SC(=S)N(C(C)C)C2=O)c(C)c(C#N)c1=O. The Kier molecular flexibility index (Phi) is 8.07. The van der Waals surface area contributed by atoms with E-state index in [-0.39, 0.29) is 23.1 Å². The van der Waals surface area contributed by atoms with Crippen LogP contribution in [0.4, 0.5) is 5.82 Å². The summed E-state index contributed by atoms with van der Waals surface area (Å²) >= 11 is 6.76. The van der Waals surface area contributed by atoms with Crippen molar-refractivity contribution in [2.24, 2.45) is 11.8 Å². The molecule has 0 aromatic carbocycles. The Bertz CT molecular complexity index is 1070. The average Bonchev–Trinajstić information content (AvgIpc) is 3.01. The summed E-state index contributed by atoms with van der Waals surface area (Å²) < 4.78 is 2.31. The van der Waals surface area contributed by atoms with Gasteiger partial charge < -0.3 is 4.90 Å². The first-order valence-corrected chi connectivity index (χ1v) is 13.0. The molecule has 2 atom stereocenters. The Balaban J connectivity index is 2.28. The van der Waals surface area contributed by atoms with Gasteiger partial charge in [0.1, 0.15) is 21.8 Å². The molecule has 8 heteroatoms. The topological polar surface area (TPSA) is 69.3 Å². The van der Waals surface area contributed by atoms with Crippen LogP contribution in [0.15, 0.2) is 9.70 Å². The molecule has 2 unspecified atom stereocenters. The Morgan fingerprint density at radius 3 is 2.39 bits per heavy atom. The summed E-state index contributed by atoms with van der Waals surface area (Å²) in [6.07, 6.45) is 4.79. The van der Waals surface area contributed by atoms with Crippen LogP contribution in [0.1, 0.15) is 70.6 Å². The van der Waals surface area contributed by atoms with Crippen LogP contribution in [0.5, 0.6) is 0 Å². The Labute approximate surface area is 206 Å². The summed E-state index contributed by atoms with van der Waals surface area (Å²) in [7, 11) is 0. The number of carbonyl (C=O) groups is 1. The average molecular weight is 487 g/mol. The van der Waals surface area contributed by atoms with E-state index in [9.17, 15) is 14.9 Å². The summed E-state index contributed by atoms with van der Waals surface area (Å²) in [6, 6.07) is 2.10. The number of thioether (sulfide) groups is 1. The van der Waals surface area contributed by atoms with Crippen LogP contribution < -0.4 is 10.5 Å². The highest BCUT2D eigenvalue weighted by Crippen LogP contribution is 2.38. The fourth-order valence-corrected chi connectivity index (χ4v) is 6.41. The summed E-state index contributed by atoms with van der Waals surface area (Å²) in [5.41, 5.74) is 1.33. The lowest BCUT2D eigenvalue weighted by molar-refractivity contribution is -0.123. The first-order valence-electron chi connectivity index (χ1n) is 11.8. The largest absolute Gasteiger partial charge is 0.357 e. The van der Waals surface area contributed by atoms with Gasteiger partial charge in [-0.3, -0.25) is 19.1 Å². The Morgan fingerprint density at radius 2 is 1.88 bits per heavy atom. The summed E-state index contributed by atoms with van der Waals surface area (Å²) in [5.74, 6) is 1.70. The van der Waals surface area contributed by atoms with E-state index in [1.165, 1.54) is 11.8 Å². The highest BCUT2D eigenvalue weighted by atomic mass is 32.2. The Morgan fingerprint density at radius 1 is 1.24 bits per heavy atom. The molecular weight excluding hydrogens is 452 g/mol. The molecule has 2 fully saturated rings. The zero-order chi connectivity index (χ0) is 24.4. The molecule has 33 heavy (non-hydrogen) atoms. The highest BCUT2D eigenvalue weighted by Gasteiger charge is 2.35. The van der Waals surface area contributed by atoms with Gasteiger partial charge in [-0.25, -0.2) is 0 Å². The number of piperidine rings is 1. The number of hydrogen-bond donors (Lipinski definition) is 0. The molecule has 3 rings (SSSR count). The van der Waals surface area contributed by atoms with Gasteiger partial charge in [0.05, 0.1) is 4.91 Å². The van der Waals surface area contributed by atoms with E-state index in [1.807, 2.05) is 26.8 Å². The maximum absolute atomic E-state index is 13.4. The van der Waals surface area contributed by atoms with Crippen molar-refractivity contribution in [2.45, 2.75) is 73.4 Å². The number of nitriles is 1. The number of aromatic nitrogens is 1. The molecule has 0 saturated carbocycles. The predicted molar refractivity (Wildman–Crippen MR) is 140 cm³/mol. The van der Waals surface area contributed by atoms with E-state index in [0.717, 1.165) is 43.7 Å². The molecule has 1 aromatic heterocycles. The van der Waals surface area contributed by atoms with E-state index in [0.29, 0.717) is 33.2 Å². The second-order valence-corrected chi connectivity index (χ2v) is 11.3. The van der Waals surface area contributed by atoms with Crippen molar-refractivity contribution in [3.8, 4) is 6.07 Å². The maximum atomic E-state index is 13.4. The molecule has 1 aromatic rings. The van der Waals surface area contributed by atoms with Gasteiger partial charge in [0.15, 0.2) is 0 Å². The van der Waals surface area contributed by atoms with Crippen molar-refractivity contribution in [2.75, 3.05) is 18.0 Å². The van der Waals surface area contributed by atoms with Crippen LogP contribution in [-0.2, 0) is 11.3 Å². The third kappa shape index (κ3) is 5.04. The number of pyridine rings is 1. The van der Waals surface area contributed by atoms with Crippen molar-refractivity contribution in [1.82, 2.24) is 9.47 Å². The third-order valence-corrected chi connectivity index (χ3v) is 7.70. The van der Waals surface area contributed by atoms with Gasteiger partial charge in [0.2, 0.25) is 0 Å². The van der Waals surface area contributed by atoms with Gasteiger partial charge in [-0.2, -0.15) is 5.26 Å². The van der Waals surface area contributed by atoms with E-state index < -0.39 is 0 Å². The van der Waals surface area contributed by atoms with Gasteiger partial charge in [-0.05, 0) is 57.1 Å². The molecule has 0 spiro atoms. The van der Waals surface area contributed by atoms with Crippen molar-refractivity contribution in [3.05, 3.63) is 31.9 Å². The number of rotatable bonds is 6. The van der Waals surface area contributed by atoms with Crippen LogP contribution in [0.3, 0.4) is 0 Å². The van der Waals surface area contributed by atoms with Gasteiger partial charge in [0, 0.05) is 31.2 Å². The van der Waals surface area contributed by atoms with Crippen molar-refractivity contribution in [1.29, 1.82) is 5.26 Å². The first kappa shape index (κ1) is 25.5. The molecule has 0 N–H and O–H groups in total. The molecular formula is C25H34N4O2S2. The minimum Gasteiger partial charge on any atom is -0.357 e. The number of hydrogen-bond acceptors (Lipinski definition) is 6. The minimum absolute atomic E-state index is 0.0269. The molecule has 2 aliphatic rings. The molecule has 2 aliphatic heterocycles. The van der Waals surface area contributed by atoms with Crippen LogP contribution >= 0.6 is 24.0 Å². The first-order chi connectivity index (χ1) is 15.6. The maximum Gasteiger partial charge on any atom is 0.270 e. The van der Waals surface area contributed by atoms with Gasteiger partial charge in [-0.1, -0.05) is 51.2 Å². The number of anilines is 1. The molecule has 0 radical (unpaired) electrons. The van der Waals surface area contributed by atoms with E-state index >= 15 is 0 Å². The third-order valence-electron chi connectivity index (χ3n) is 6.37. The number of unbranched alkanes of at least 4 members (excludes halogenated alkanes) is 1. The number of carbonyl (C=O) groups excluding carboxylic acids is 1. The van der Waals surface area contributed by atoms with Crippen LogP contribution in [0, 0.1) is 30.1 Å². The summed E-state index contributed by atoms with van der Waals surface area (Å²) in [6.45, 7) is 14.5. The molecule has 6 nitrogen and oxygen atoms in total. The molecule has 0 bridgehead atoms. The zero-order valence-corrected chi connectivity index (χ0v) is 22.1. The van der Waals surface area contributed by atoms with Crippen LogP contribution in [0.2, 0.25) is 0 Å². The highest BCUT2D eigenvalue weighted by molar-refractivity contribution is 8.26. The second kappa shape index (κ2) is 10.4. The summed E-state index contributed by atoms with van der Waals surface area (Å²) in [4.78, 5) is 31.0. The standard InChI is InChI=1S/C25H34N4O2S2/c1-7-8-9-28-22(27-13-16(4)10-17(5)14-27)19(18(6)20(12-26)23(28)30)11-21-24(31)29(15(2)3)25(32)33-21/h11,15-17H,7-10,13-14H2,1-6H3/b21-11-. The van der Waals surface area contributed by atoms with Gasteiger partial charge in [0.25, 0.3) is 11.5 Å². The zero-order valence-electron chi connectivity index (χ0n) is 20.5. The van der Waals surface area contributed by atoms with E-state index in [2.05, 4.69) is 31.7 Å². The van der Waals surface area contributed by atoms with Gasteiger partial charge in [-0.15, -0.1) is 0 Å². The molecule has 2 saturated heterocycles. The fourth-order valence-electron chi connectivity index (χ4n) is 4.90. The lowest BCUT2D eigenvalue weighted by Gasteiger charge is -2.39. The monoisotopic (exact) mass is 486 g/mol. The van der Waals surface area contributed by atoms with Gasteiger partial charge >= 0.3 is 0 Å². The normalized spacial score (nSPS) is 22.5.